The Balaban J connectivity index is 1.66. The molecule has 1 fully saturated rings. The second-order valence-electron chi connectivity index (χ2n) is 8.33. The van der Waals surface area contributed by atoms with Crippen LogP contribution in [0.15, 0.2) is 24.4 Å². The van der Waals surface area contributed by atoms with Gasteiger partial charge in [0.1, 0.15) is 16.8 Å². The molecule has 9 heteroatoms. The zero-order chi connectivity index (χ0) is 22.5. The van der Waals surface area contributed by atoms with E-state index >= 15 is 0 Å². The first-order valence-corrected chi connectivity index (χ1v) is 11.4. The molecular formula is C23H33N7O2. The third-order valence-electron chi connectivity index (χ3n) is 6.06. The number of methoxy groups -OCH3 is 1. The Morgan fingerprint density at radius 2 is 2.22 bits per heavy atom. The molecule has 0 spiro atoms. The van der Waals surface area contributed by atoms with E-state index in [-0.39, 0.29) is 18.6 Å². The summed E-state index contributed by atoms with van der Waals surface area (Å²) in [6.07, 6.45) is 6.61. The van der Waals surface area contributed by atoms with E-state index in [9.17, 15) is 5.11 Å². The van der Waals surface area contributed by atoms with E-state index in [2.05, 4.69) is 50.8 Å². The molecule has 1 saturated heterocycles. The number of benzene rings is 1. The van der Waals surface area contributed by atoms with Gasteiger partial charge in [-0.1, -0.05) is 25.5 Å². The Bertz CT molecular complexity index is 1040. The normalized spacial score (nSPS) is 17.0. The van der Waals surface area contributed by atoms with Crippen molar-refractivity contribution in [1.29, 1.82) is 0 Å². The summed E-state index contributed by atoms with van der Waals surface area (Å²) < 4.78 is 7.60. The molecule has 5 N–H and O–H groups in total. The van der Waals surface area contributed by atoms with Crippen LogP contribution in [0.25, 0.3) is 11.0 Å². The lowest BCUT2D eigenvalue weighted by Crippen LogP contribution is -2.22. The smallest absolute Gasteiger partial charge is 0.222 e. The van der Waals surface area contributed by atoms with Crippen molar-refractivity contribution in [2.24, 2.45) is 0 Å². The van der Waals surface area contributed by atoms with Crippen LogP contribution in [-0.2, 0) is 6.54 Å². The van der Waals surface area contributed by atoms with Gasteiger partial charge < -0.3 is 26.2 Å². The Labute approximate surface area is 188 Å². The average molecular weight is 440 g/mol. The van der Waals surface area contributed by atoms with E-state index in [1.807, 2.05) is 4.68 Å². The Hall–Kier alpha value is -2.91. The highest BCUT2D eigenvalue weighted by molar-refractivity contribution is 5.86. The summed E-state index contributed by atoms with van der Waals surface area (Å²) in [6, 6.07) is 6.88. The van der Waals surface area contributed by atoms with Gasteiger partial charge in [-0.3, -0.25) is 4.68 Å². The van der Waals surface area contributed by atoms with Gasteiger partial charge in [0, 0.05) is 24.3 Å². The molecule has 32 heavy (non-hydrogen) atoms. The number of nitrogens with one attached hydrogen (secondary N) is 2. The summed E-state index contributed by atoms with van der Waals surface area (Å²) in [4.78, 5) is 8.82. The van der Waals surface area contributed by atoms with E-state index in [0.717, 1.165) is 42.6 Å². The molecule has 3 aromatic rings. The molecule has 0 saturated carbocycles. The summed E-state index contributed by atoms with van der Waals surface area (Å²) in [5.41, 5.74) is 9.71. The van der Waals surface area contributed by atoms with Crippen molar-refractivity contribution < 1.29 is 9.84 Å². The molecule has 4 rings (SSSR count). The molecule has 1 aromatic carbocycles. The molecule has 3 heterocycles. The first-order valence-electron chi connectivity index (χ1n) is 11.4. The highest BCUT2D eigenvalue weighted by atomic mass is 16.5. The zero-order valence-corrected chi connectivity index (χ0v) is 18.8. The maximum Gasteiger partial charge on any atom is 0.222 e. The number of aliphatic hydroxyl groups is 1. The molecule has 0 radical (unpaired) electrons. The molecular weight excluding hydrogens is 406 g/mol. The van der Waals surface area contributed by atoms with Crippen molar-refractivity contribution in [2.75, 3.05) is 31.3 Å². The highest BCUT2D eigenvalue weighted by Gasteiger charge is 2.20. The summed E-state index contributed by atoms with van der Waals surface area (Å²) >= 11 is 0. The number of nitrogens with two attached hydrogens (primary N) is 1. The third kappa shape index (κ3) is 4.78. The predicted octanol–water partition coefficient (Wildman–Crippen LogP) is 2.85. The minimum Gasteiger partial charge on any atom is -0.496 e. The standard InChI is InChI=1S/C23H33N7O2/c1-3-5-17(9-11-31)27-22-21-19(28-23(24)29-22)13-26-30(21)14-16-8-7-15(12-20(16)32-2)18-6-4-10-25-18/h7-8,12-13,17-18,25,31H,3-6,9-11,14H2,1-2H3,(H3,24,27,28,29). The maximum atomic E-state index is 9.44. The van der Waals surface area contributed by atoms with E-state index < -0.39 is 0 Å². The van der Waals surface area contributed by atoms with Crippen molar-refractivity contribution in [3.63, 3.8) is 0 Å². The van der Waals surface area contributed by atoms with E-state index in [4.69, 9.17) is 10.5 Å². The number of aromatic nitrogens is 4. The van der Waals surface area contributed by atoms with E-state index in [0.29, 0.717) is 30.3 Å². The second kappa shape index (κ2) is 10.1. The molecule has 9 nitrogen and oxygen atoms in total. The summed E-state index contributed by atoms with van der Waals surface area (Å²) in [5.74, 6) is 1.68. The van der Waals surface area contributed by atoms with Gasteiger partial charge in [0.15, 0.2) is 5.82 Å². The number of rotatable bonds is 10. The van der Waals surface area contributed by atoms with Gasteiger partial charge in [-0.15, -0.1) is 0 Å². The number of nitrogens with zero attached hydrogens (tertiary/aromatic N) is 4. The van der Waals surface area contributed by atoms with Crippen LogP contribution < -0.4 is 21.1 Å². The quantitative estimate of drug-likeness (QED) is 0.380. The average Bonchev–Trinajstić information content (AvgIpc) is 3.45. The molecule has 0 aliphatic carbocycles. The molecule has 1 aliphatic rings. The number of ether oxygens (including phenoxy) is 1. The lowest BCUT2D eigenvalue weighted by molar-refractivity contribution is 0.276. The number of anilines is 2. The van der Waals surface area contributed by atoms with Crippen molar-refractivity contribution in [3.05, 3.63) is 35.5 Å². The number of nitrogen functional groups attached to an aromatic ring is 1. The largest absolute Gasteiger partial charge is 0.496 e. The minimum absolute atomic E-state index is 0.0959. The Morgan fingerprint density at radius 3 is 2.94 bits per heavy atom. The fraction of sp³-hybridized carbons (Fsp3) is 0.522. The van der Waals surface area contributed by atoms with E-state index in [1.54, 1.807) is 13.3 Å². The second-order valence-corrected chi connectivity index (χ2v) is 8.33. The van der Waals surface area contributed by atoms with Crippen molar-refractivity contribution in [1.82, 2.24) is 25.1 Å². The van der Waals surface area contributed by atoms with Gasteiger partial charge in [0.05, 0.1) is 19.9 Å². The van der Waals surface area contributed by atoms with E-state index in [1.165, 1.54) is 12.0 Å². The Kier molecular flexibility index (Phi) is 7.06. The summed E-state index contributed by atoms with van der Waals surface area (Å²) in [7, 11) is 1.70. The van der Waals surface area contributed by atoms with Gasteiger partial charge in [-0.25, -0.2) is 4.98 Å². The van der Waals surface area contributed by atoms with Gasteiger partial charge in [0.25, 0.3) is 0 Å². The lowest BCUT2D eigenvalue weighted by Gasteiger charge is -2.19. The van der Waals surface area contributed by atoms with Crippen LogP contribution in [0, 0.1) is 0 Å². The Morgan fingerprint density at radius 1 is 1.34 bits per heavy atom. The van der Waals surface area contributed by atoms with Crippen LogP contribution in [0.2, 0.25) is 0 Å². The number of hydrogen-bond donors (Lipinski definition) is 4. The lowest BCUT2D eigenvalue weighted by atomic mass is 10.0. The number of aliphatic hydroxyl groups excluding tert-OH is 1. The molecule has 2 unspecified atom stereocenters. The van der Waals surface area contributed by atoms with Crippen LogP contribution >= 0.6 is 0 Å². The fourth-order valence-corrected chi connectivity index (χ4v) is 4.46. The fourth-order valence-electron chi connectivity index (χ4n) is 4.46. The zero-order valence-electron chi connectivity index (χ0n) is 18.8. The SMILES string of the molecule is CCCC(CCO)Nc1nc(N)nc2cnn(Cc3ccc(C4CCCN4)cc3OC)c12. The molecule has 0 amide bonds. The third-order valence-corrected chi connectivity index (χ3v) is 6.06. The van der Waals surface area contributed by atoms with Gasteiger partial charge in [0.2, 0.25) is 5.95 Å². The molecule has 2 aromatic heterocycles. The van der Waals surface area contributed by atoms with Crippen molar-refractivity contribution in [3.8, 4) is 5.75 Å². The predicted molar refractivity (Wildman–Crippen MR) is 126 cm³/mol. The van der Waals surface area contributed by atoms with Crippen LogP contribution in [0.5, 0.6) is 5.75 Å². The number of hydrogen-bond acceptors (Lipinski definition) is 8. The molecule has 172 valence electrons. The van der Waals surface area contributed by atoms with Crippen LogP contribution in [0.1, 0.15) is 56.2 Å². The minimum atomic E-state index is 0.0959. The van der Waals surface area contributed by atoms with Gasteiger partial charge >= 0.3 is 0 Å². The summed E-state index contributed by atoms with van der Waals surface area (Å²) in [6.45, 7) is 3.81. The molecule has 0 bridgehead atoms. The maximum absolute atomic E-state index is 9.44. The van der Waals surface area contributed by atoms with Crippen molar-refractivity contribution >= 4 is 22.8 Å². The molecule has 1 aliphatic heterocycles. The first kappa shape index (κ1) is 22.3. The van der Waals surface area contributed by atoms with Crippen LogP contribution in [0.3, 0.4) is 0 Å². The van der Waals surface area contributed by atoms with Gasteiger partial charge in [-0.05, 0) is 43.9 Å². The van der Waals surface area contributed by atoms with Crippen LogP contribution in [-0.4, -0.2) is 51.2 Å². The van der Waals surface area contributed by atoms with Crippen LogP contribution in [0.4, 0.5) is 11.8 Å². The highest BCUT2D eigenvalue weighted by Crippen LogP contribution is 2.30. The summed E-state index contributed by atoms with van der Waals surface area (Å²) in [5, 5.41) is 21.0. The monoisotopic (exact) mass is 439 g/mol. The molecule has 2 atom stereocenters. The van der Waals surface area contributed by atoms with Gasteiger partial charge in [-0.2, -0.15) is 10.1 Å². The number of fused-ring (bicyclic) bond motifs is 1. The first-order chi connectivity index (χ1) is 15.6. The topological polar surface area (TPSA) is 123 Å². The van der Waals surface area contributed by atoms with Crippen molar-refractivity contribution in [2.45, 2.75) is 57.7 Å².